The van der Waals surface area contributed by atoms with Gasteiger partial charge in [-0.2, -0.15) is 13.2 Å². The lowest BCUT2D eigenvalue weighted by molar-refractivity contribution is -0.137. The molecule has 3 unspecified atom stereocenters. The third-order valence-corrected chi connectivity index (χ3v) is 8.79. The van der Waals surface area contributed by atoms with E-state index in [9.17, 15) is 22.4 Å². The van der Waals surface area contributed by atoms with Crippen molar-refractivity contribution in [3.05, 3.63) is 65.7 Å². The van der Waals surface area contributed by atoms with E-state index < -0.39 is 17.6 Å². The lowest BCUT2D eigenvalue weighted by Gasteiger charge is -2.27. The van der Waals surface area contributed by atoms with Crippen molar-refractivity contribution in [2.24, 2.45) is 5.41 Å². The number of benzene rings is 1. The standard InChI is InChI=1S/C32H35F4N5O3/c1-2-43-30-23(4-3-13-38-30)25-6-8-27(28(40-25)29(42)39-21-10-14-37-18-21)44-22-9-11-31(17-22)12-15-41(19-31)26-7-5-20(33)16-24(26)32(34,35)36/h3-8,13,16,21-22,37H,2,9-12,14-15,17-19H2,1H3,(H,39,42). The summed E-state index contributed by atoms with van der Waals surface area (Å²) in [6.07, 6.45) is 0.326. The first-order valence-corrected chi connectivity index (χ1v) is 15.0. The van der Waals surface area contributed by atoms with E-state index in [4.69, 9.17) is 14.5 Å². The highest BCUT2D eigenvalue weighted by molar-refractivity contribution is 5.96. The molecule has 8 nitrogen and oxygen atoms in total. The van der Waals surface area contributed by atoms with Crippen LogP contribution in [0.4, 0.5) is 23.2 Å². The molecule has 2 N–H and O–H groups in total. The molecule has 12 heteroatoms. The van der Waals surface area contributed by atoms with Crippen LogP contribution >= 0.6 is 0 Å². The number of ether oxygens (including phenoxy) is 2. The van der Waals surface area contributed by atoms with Gasteiger partial charge in [-0.3, -0.25) is 4.79 Å². The number of hydrogen-bond acceptors (Lipinski definition) is 7. The molecule has 6 rings (SSSR count). The molecule has 1 aliphatic carbocycles. The van der Waals surface area contributed by atoms with E-state index in [0.717, 1.165) is 25.5 Å². The Morgan fingerprint density at radius 2 is 2.05 bits per heavy atom. The van der Waals surface area contributed by atoms with Gasteiger partial charge < -0.3 is 25.0 Å². The topological polar surface area (TPSA) is 88.6 Å². The van der Waals surface area contributed by atoms with Gasteiger partial charge >= 0.3 is 6.18 Å². The molecule has 1 amide bonds. The Kier molecular flexibility index (Phi) is 8.36. The summed E-state index contributed by atoms with van der Waals surface area (Å²) in [5.74, 6) is -0.478. The summed E-state index contributed by atoms with van der Waals surface area (Å²) in [5, 5.41) is 6.30. The Morgan fingerprint density at radius 1 is 1.18 bits per heavy atom. The molecule has 234 valence electrons. The molecule has 1 saturated carbocycles. The largest absolute Gasteiger partial charge is 0.488 e. The van der Waals surface area contributed by atoms with Gasteiger partial charge in [0.15, 0.2) is 11.4 Å². The van der Waals surface area contributed by atoms with E-state index in [1.165, 1.54) is 6.07 Å². The molecule has 1 aromatic carbocycles. The van der Waals surface area contributed by atoms with Gasteiger partial charge in [-0.25, -0.2) is 14.4 Å². The maximum absolute atomic E-state index is 13.7. The van der Waals surface area contributed by atoms with Crippen LogP contribution in [0.1, 0.15) is 55.1 Å². The number of carbonyl (C=O) groups is 1. The average Bonchev–Trinajstić information content (AvgIpc) is 3.76. The number of rotatable bonds is 8. The number of amides is 1. The first-order valence-electron chi connectivity index (χ1n) is 15.0. The minimum atomic E-state index is -4.65. The maximum Gasteiger partial charge on any atom is 0.418 e. The normalized spacial score (nSPS) is 23.3. The van der Waals surface area contributed by atoms with Crippen molar-refractivity contribution in [2.75, 3.05) is 37.7 Å². The summed E-state index contributed by atoms with van der Waals surface area (Å²) in [4.78, 5) is 24.3. The van der Waals surface area contributed by atoms with Gasteiger partial charge in [-0.1, -0.05) is 0 Å². The molecule has 2 aliphatic heterocycles. The van der Waals surface area contributed by atoms with Crippen LogP contribution in [0.2, 0.25) is 0 Å². The summed E-state index contributed by atoms with van der Waals surface area (Å²) < 4.78 is 67.0. The Hall–Kier alpha value is -3.93. The van der Waals surface area contributed by atoms with Gasteiger partial charge in [0, 0.05) is 37.6 Å². The molecule has 3 atom stereocenters. The number of carbonyl (C=O) groups excluding carboxylic acids is 1. The molecule has 0 radical (unpaired) electrons. The van der Waals surface area contributed by atoms with E-state index in [0.29, 0.717) is 74.5 Å². The molecule has 44 heavy (non-hydrogen) atoms. The van der Waals surface area contributed by atoms with Gasteiger partial charge in [0.2, 0.25) is 5.88 Å². The van der Waals surface area contributed by atoms with Crippen molar-refractivity contribution in [3.63, 3.8) is 0 Å². The first kappa shape index (κ1) is 30.1. The van der Waals surface area contributed by atoms with Crippen LogP contribution in [-0.4, -0.2) is 60.8 Å². The van der Waals surface area contributed by atoms with Crippen LogP contribution in [-0.2, 0) is 6.18 Å². The predicted molar refractivity (Wildman–Crippen MR) is 156 cm³/mol. The summed E-state index contributed by atoms with van der Waals surface area (Å²) >= 11 is 0. The third kappa shape index (κ3) is 6.31. The van der Waals surface area contributed by atoms with Crippen molar-refractivity contribution >= 4 is 11.6 Å². The number of halogens is 4. The number of aromatic nitrogens is 2. The lowest BCUT2D eigenvalue weighted by Crippen LogP contribution is -2.37. The number of anilines is 1. The highest BCUT2D eigenvalue weighted by atomic mass is 19.4. The fraction of sp³-hybridized carbons (Fsp3) is 0.469. The van der Waals surface area contributed by atoms with Crippen molar-refractivity contribution in [3.8, 4) is 22.9 Å². The van der Waals surface area contributed by atoms with E-state index in [1.54, 1.807) is 29.3 Å². The summed E-state index contributed by atoms with van der Waals surface area (Å²) in [5.41, 5.74) is 0.147. The Balaban J connectivity index is 1.22. The monoisotopic (exact) mass is 613 g/mol. The molecule has 1 spiro atoms. The van der Waals surface area contributed by atoms with Crippen molar-refractivity contribution in [1.29, 1.82) is 0 Å². The fourth-order valence-electron chi connectivity index (χ4n) is 6.68. The molecular weight excluding hydrogens is 578 g/mol. The molecule has 2 saturated heterocycles. The molecular formula is C32H35F4N5O3. The third-order valence-electron chi connectivity index (χ3n) is 8.79. The zero-order valence-corrected chi connectivity index (χ0v) is 24.4. The number of pyridine rings is 2. The Morgan fingerprint density at radius 3 is 2.82 bits per heavy atom. The zero-order chi connectivity index (χ0) is 30.9. The number of nitrogens with one attached hydrogen (secondary N) is 2. The van der Waals surface area contributed by atoms with Crippen LogP contribution in [0.25, 0.3) is 11.3 Å². The minimum absolute atomic E-state index is 0.00196. The van der Waals surface area contributed by atoms with Gasteiger partial charge in [0.05, 0.1) is 29.5 Å². The van der Waals surface area contributed by atoms with E-state index in [-0.39, 0.29) is 34.8 Å². The van der Waals surface area contributed by atoms with Crippen LogP contribution in [0.15, 0.2) is 48.7 Å². The van der Waals surface area contributed by atoms with Crippen LogP contribution in [0, 0.1) is 11.2 Å². The second kappa shape index (κ2) is 12.2. The van der Waals surface area contributed by atoms with Crippen LogP contribution in [0.3, 0.4) is 0 Å². The summed E-state index contributed by atoms with van der Waals surface area (Å²) in [7, 11) is 0. The molecule has 3 fully saturated rings. The van der Waals surface area contributed by atoms with Crippen molar-refractivity contribution in [1.82, 2.24) is 20.6 Å². The van der Waals surface area contributed by atoms with Gasteiger partial charge in [0.25, 0.3) is 5.91 Å². The summed E-state index contributed by atoms with van der Waals surface area (Å²) in [6, 6.07) is 9.97. The van der Waals surface area contributed by atoms with Crippen LogP contribution in [0.5, 0.6) is 11.6 Å². The first-order chi connectivity index (χ1) is 21.1. The number of alkyl halides is 3. The van der Waals surface area contributed by atoms with Crippen LogP contribution < -0.4 is 25.0 Å². The highest BCUT2D eigenvalue weighted by Crippen LogP contribution is 2.49. The van der Waals surface area contributed by atoms with Crippen molar-refractivity contribution < 1.29 is 31.8 Å². The highest BCUT2D eigenvalue weighted by Gasteiger charge is 2.47. The Bertz CT molecular complexity index is 1510. The number of nitrogens with zero attached hydrogens (tertiary/aromatic N) is 3. The predicted octanol–water partition coefficient (Wildman–Crippen LogP) is 5.62. The lowest BCUT2D eigenvalue weighted by atomic mass is 9.85. The van der Waals surface area contributed by atoms with E-state index in [1.807, 2.05) is 13.0 Å². The van der Waals surface area contributed by atoms with Gasteiger partial charge in [-0.15, -0.1) is 0 Å². The number of hydrogen-bond donors (Lipinski definition) is 2. The Labute approximate surface area is 253 Å². The molecule has 0 bridgehead atoms. The molecule has 4 heterocycles. The molecule has 3 aliphatic rings. The molecule has 2 aromatic heterocycles. The quantitative estimate of drug-likeness (QED) is 0.319. The zero-order valence-electron chi connectivity index (χ0n) is 24.4. The van der Waals surface area contributed by atoms with Gasteiger partial charge in [0.1, 0.15) is 5.82 Å². The van der Waals surface area contributed by atoms with E-state index >= 15 is 0 Å². The van der Waals surface area contributed by atoms with Crippen molar-refractivity contribution in [2.45, 2.75) is 57.3 Å². The summed E-state index contributed by atoms with van der Waals surface area (Å²) in [6.45, 7) is 4.64. The SMILES string of the molecule is CCOc1ncccc1-c1ccc(OC2CCC3(CCN(c4ccc(F)cc4C(F)(F)F)C3)C2)c(C(=O)NC2CCNC2)n1. The van der Waals surface area contributed by atoms with Gasteiger partial charge in [-0.05, 0) is 93.5 Å². The average molecular weight is 614 g/mol. The van der Waals surface area contributed by atoms with E-state index in [2.05, 4.69) is 15.6 Å². The maximum atomic E-state index is 13.7. The minimum Gasteiger partial charge on any atom is -0.488 e. The second-order valence-electron chi connectivity index (χ2n) is 11.8. The second-order valence-corrected chi connectivity index (χ2v) is 11.8. The smallest absolute Gasteiger partial charge is 0.418 e. The molecule has 3 aromatic rings. The fourth-order valence-corrected chi connectivity index (χ4v) is 6.68.